The molecule has 1 aliphatic rings. The zero-order valence-electron chi connectivity index (χ0n) is 17.6. The van der Waals surface area contributed by atoms with Gasteiger partial charge in [-0.3, -0.25) is 4.98 Å². The predicted octanol–water partition coefficient (Wildman–Crippen LogP) is 3.71. The minimum absolute atomic E-state index is 0.0486. The summed E-state index contributed by atoms with van der Waals surface area (Å²) in [6, 6.07) is 10.4. The van der Waals surface area contributed by atoms with Crippen molar-refractivity contribution >= 4 is 6.09 Å². The Hall–Kier alpha value is -2.60. The summed E-state index contributed by atoms with van der Waals surface area (Å²) in [5.74, 6) is 0.731. The third-order valence-corrected chi connectivity index (χ3v) is 4.91. The highest BCUT2D eigenvalue weighted by Gasteiger charge is 2.35. The lowest BCUT2D eigenvalue weighted by Gasteiger charge is -2.40. The van der Waals surface area contributed by atoms with Gasteiger partial charge in [0.1, 0.15) is 18.0 Å². The van der Waals surface area contributed by atoms with Crippen molar-refractivity contribution < 1.29 is 14.3 Å². The molecule has 0 aliphatic carbocycles. The van der Waals surface area contributed by atoms with Gasteiger partial charge in [-0.25, -0.2) is 4.79 Å². The molecule has 6 heteroatoms. The smallest absolute Gasteiger partial charge is 0.410 e. The Kier molecular flexibility index (Phi) is 6.75. The van der Waals surface area contributed by atoms with E-state index in [1.807, 2.05) is 45.2 Å². The number of hydrogen-bond donors (Lipinski definition) is 1. The van der Waals surface area contributed by atoms with Crippen LogP contribution >= 0.6 is 0 Å². The second kappa shape index (κ2) is 9.27. The van der Waals surface area contributed by atoms with Crippen LogP contribution in [0.2, 0.25) is 0 Å². The lowest BCUT2D eigenvalue weighted by atomic mass is 10.0. The van der Waals surface area contributed by atoms with E-state index in [1.165, 1.54) is 5.56 Å². The molecule has 1 aliphatic heterocycles. The Labute approximate surface area is 173 Å². The molecule has 1 amide bonds. The number of carbonyl (C=O) groups is 1. The Bertz CT molecular complexity index is 832. The van der Waals surface area contributed by atoms with Crippen LogP contribution in [0.1, 0.15) is 43.9 Å². The predicted molar refractivity (Wildman–Crippen MR) is 113 cm³/mol. The summed E-state index contributed by atoms with van der Waals surface area (Å²) in [6.45, 7) is 7.34. The number of nitrogens with zero attached hydrogens (tertiary/aromatic N) is 2. The fourth-order valence-corrected chi connectivity index (χ4v) is 3.25. The highest BCUT2D eigenvalue weighted by atomic mass is 16.6. The second-order valence-corrected chi connectivity index (χ2v) is 8.48. The number of pyridine rings is 1. The SMILES string of the molecule is CC(C)(C)OC(=O)N1CC[C@H]1COc1cncc(CCc2cccc(CN)c2)c1. The minimum atomic E-state index is -0.486. The average Bonchev–Trinajstić information content (AvgIpc) is 2.64. The summed E-state index contributed by atoms with van der Waals surface area (Å²) in [5.41, 5.74) is 8.77. The molecular weight excluding hydrogens is 366 g/mol. The molecule has 0 saturated carbocycles. The molecule has 2 heterocycles. The molecule has 1 aromatic carbocycles. The van der Waals surface area contributed by atoms with Gasteiger partial charge in [0.25, 0.3) is 0 Å². The Morgan fingerprint density at radius 3 is 2.62 bits per heavy atom. The molecule has 6 nitrogen and oxygen atoms in total. The van der Waals surface area contributed by atoms with Crippen LogP contribution in [0.5, 0.6) is 5.75 Å². The van der Waals surface area contributed by atoms with Crippen LogP contribution in [-0.2, 0) is 24.1 Å². The number of aromatic nitrogens is 1. The molecule has 0 unspecified atom stereocenters. The van der Waals surface area contributed by atoms with Gasteiger partial charge in [-0.2, -0.15) is 0 Å². The Morgan fingerprint density at radius 1 is 1.17 bits per heavy atom. The summed E-state index contributed by atoms with van der Waals surface area (Å²) in [7, 11) is 0. The van der Waals surface area contributed by atoms with Crippen LogP contribution in [0.4, 0.5) is 4.79 Å². The summed E-state index contributed by atoms with van der Waals surface area (Å²) >= 11 is 0. The maximum absolute atomic E-state index is 12.2. The molecule has 1 fully saturated rings. The normalized spacial score (nSPS) is 16.3. The number of amides is 1. The van der Waals surface area contributed by atoms with Crippen molar-refractivity contribution in [1.82, 2.24) is 9.88 Å². The first kappa shape index (κ1) is 21.1. The largest absolute Gasteiger partial charge is 0.490 e. The van der Waals surface area contributed by atoms with Crippen molar-refractivity contribution in [2.24, 2.45) is 5.73 Å². The van der Waals surface area contributed by atoms with Crippen molar-refractivity contribution in [1.29, 1.82) is 0 Å². The van der Waals surface area contributed by atoms with Crippen molar-refractivity contribution in [3.63, 3.8) is 0 Å². The molecule has 1 aromatic heterocycles. The van der Waals surface area contributed by atoms with E-state index in [0.29, 0.717) is 19.7 Å². The van der Waals surface area contributed by atoms with Crippen LogP contribution in [0.25, 0.3) is 0 Å². The number of aryl methyl sites for hydroxylation is 2. The zero-order chi connectivity index (χ0) is 20.9. The van der Waals surface area contributed by atoms with E-state index < -0.39 is 5.60 Å². The summed E-state index contributed by atoms with van der Waals surface area (Å²) in [5, 5.41) is 0. The molecule has 156 valence electrons. The summed E-state index contributed by atoms with van der Waals surface area (Å²) < 4.78 is 11.4. The number of carbonyl (C=O) groups excluding carboxylic acids is 1. The van der Waals surface area contributed by atoms with E-state index >= 15 is 0 Å². The van der Waals surface area contributed by atoms with Crippen LogP contribution < -0.4 is 10.5 Å². The van der Waals surface area contributed by atoms with E-state index in [1.54, 1.807) is 11.1 Å². The highest BCUT2D eigenvalue weighted by Crippen LogP contribution is 2.23. The van der Waals surface area contributed by atoms with Gasteiger partial charge in [0.2, 0.25) is 0 Å². The van der Waals surface area contributed by atoms with Crippen LogP contribution in [0, 0.1) is 0 Å². The van der Waals surface area contributed by atoms with Gasteiger partial charge < -0.3 is 20.1 Å². The molecule has 2 aromatic rings. The van der Waals surface area contributed by atoms with E-state index in [-0.39, 0.29) is 12.1 Å². The molecule has 1 saturated heterocycles. The number of hydrogen-bond acceptors (Lipinski definition) is 5. The minimum Gasteiger partial charge on any atom is -0.490 e. The highest BCUT2D eigenvalue weighted by molar-refractivity contribution is 5.69. The monoisotopic (exact) mass is 397 g/mol. The maximum atomic E-state index is 12.2. The first-order valence-electron chi connectivity index (χ1n) is 10.2. The molecule has 0 bridgehead atoms. The number of nitrogens with two attached hydrogens (primary N) is 1. The van der Waals surface area contributed by atoms with E-state index in [2.05, 4.69) is 17.1 Å². The van der Waals surface area contributed by atoms with E-state index in [4.69, 9.17) is 15.2 Å². The quantitative estimate of drug-likeness (QED) is 0.771. The van der Waals surface area contributed by atoms with Crippen LogP contribution in [-0.4, -0.2) is 40.8 Å². The van der Waals surface area contributed by atoms with Gasteiger partial charge in [0.05, 0.1) is 12.2 Å². The lowest BCUT2D eigenvalue weighted by molar-refractivity contribution is -0.0141. The second-order valence-electron chi connectivity index (χ2n) is 8.48. The number of rotatable bonds is 7. The summed E-state index contributed by atoms with van der Waals surface area (Å²) in [6.07, 6.45) is 6.04. The molecule has 3 rings (SSSR count). The molecule has 2 N–H and O–H groups in total. The van der Waals surface area contributed by atoms with Gasteiger partial charge in [-0.05, 0) is 62.8 Å². The van der Waals surface area contributed by atoms with Crippen molar-refractivity contribution in [3.05, 3.63) is 59.4 Å². The fourth-order valence-electron chi connectivity index (χ4n) is 3.25. The average molecular weight is 398 g/mol. The van der Waals surface area contributed by atoms with Crippen molar-refractivity contribution in [2.45, 2.75) is 58.2 Å². The van der Waals surface area contributed by atoms with Crippen molar-refractivity contribution in [2.75, 3.05) is 13.2 Å². The lowest BCUT2D eigenvalue weighted by Crippen LogP contribution is -2.55. The molecule has 0 spiro atoms. The van der Waals surface area contributed by atoms with Crippen molar-refractivity contribution in [3.8, 4) is 5.75 Å². The van der Waals surface area contributed by atoms with Gasteiger partial charge in [0, 0.05) is 19.3 Å². The number of likely N-dealkylation sites (tertiary alicyclic amines) is 1. The summed E-state index contributed by atoms with van der Waals surface area (Å²) in [4.78, 5) is 18.2. The maximum Gasteiger partial charge on any atom is 0.410 e. The standard InChI is InChI=1S/C23H31N3O3/c1-23(2,3)29-22(27)26-10-9-20(26)16-28-21-12-19(14-25-15-21)8-7-17-5-4-6-18(11-17)13-24/h4-6,11-12,14-15,20H,7-10,13,16,24H2,1-3H3/t20-/m0/s1. The third-order valence-electron chi connectivity index (χ3n) is 4.91. The van der Waals surface area contributed by atoms with Gasteiger partial charge >= 0.3 is 6.09 Å². The topological polar surface area (TPSA) is 77.7 Å². The zero-order valence-corrected chi connectivity index (χ0v) is 17.6. The molecule has 1 atom stereocenters. The van der Waals surface area contributed by atoms with Gasteiger partial charge in [0.15, 0.2) is 0 Å². The molecule has 0 radical (unpaired) electrons. The van der Waals surface area contributed by atoms with Crippen LogP contribution in [0.15, 0.2) is 42.7 Å². The Morgan fingerprint density at radius 2 is 1.93 bits per heavy atom. The molecule has 29 heavy (non-hydrogen) atoms. The van der Waals surface area contributed by atoms with E-state index in [9.17, 15) is 4.79 Å². The first-order chi connectivity index (χ1) is 13.8. The number of ether oxygens (including phenoxy) is 2. The van der Waals surface area contributed by atoms with Gasteiger partial charge in [-0.15, -0.1) is 0 Å². The fraction of sp³-hybridized carbons (Fsp3) is 0.478. The van der Waals surface area contributed by atoms with Gasteiger partial charge in [-0.1, -0.05) is 24.3 Å². The third kappa shape index (κ3) is 6.19. The van der Waals surface area contributed by atoms with E-state index in [0.717, 1.165) is 36.1 Å². The molecular formula is C23H31N3O3. The van der Waals surface area contributed by atoms with Crippen LogP contribution in [0.3, 0.4) is 0 Å². The first-order valence-corrected chi connectivity index (χ1v) is 10.2. The number of benzene rings is 1. The Balaban J connectivity index is 1.50.